The largest absolute Gasteiger partial charge is 1.00 e. The number of hydrogen-bond acceptors (Lipinski definition) is 10. The quantitative estimate of drug-likeness (QED) is 0.0928. The number of halogens is 6. The molecule has 2 aliphatic rings. The maximum Gasteiger partial charge on any atom is 1.00 e. The van der Waals surface area contributed by atoms with Crippen LogP contribution in [0.5, 0.6) is 0 Å². The van der Waals surface area contributed by atoms with Crippen LogP contribution in [-0.2, 0) is 19.1 Å². The Balaban J connectivity index is 0.000000264. The van der Waals surface area contributed by atoms with E-state index in [1.165, 1.54) is 54.3 Å². The van der Waals surface area contributed by atoms with E-state index >= 15 is 0 Å². The molecule has 0 radical (unpaired) electrons. The molecule has 0 bridgehead atoms. The van der Waals surface area contributed by atoms with Crippen LogP contribution in [0.25, 0.3) is 11.3 Å². The number of nitrogens with zero attached hydrogens (tertiary/aromatic N) is 4. The molecular weight excluding hydrogens is 902 g/mol. The average Bonchev–Trinajstić information content (AvgIpc) is 3.63. The molecular formula is C42H38BCl3F3KN4O8. The summed E-state index contributed by atoms with van der Waals surface area (Å²) in [7, 11) is 4.61. The first kappa shape index (κ1) is 52.5. The van der Waals surface area contributed by atoms with E-state index in [9.17, 15) is 42.3 Å². The van der Waals surface area contributed by atoms with Crippen molar-refractivity contribution in [1.29, 1.82) is 0 Å². The van der Waals surface area contributed by atoms with Crippen LogP contribution >= 0.6 is 34.8 Å². The van der Waals surface area contributed by atoms with E-state index in [1.54, 1.807) is 38.2 Å². The van der Waals surface area contributed by atoms with Gasteiger partial charge in [-0.1, -0.05) is 88.8 Å². The Morgan fingerprint density at radius 2 is 1.34 bits per heavy atom. The van der Waals surface area contributed by atoms with Gasteiger partial charge in [0, 0.05) is 73.9 Å². The Kier molecular flexibility index (Phi) is 19.7. The summed E-state index contributed by atoms with van der Waals surface area (Å²) in [5.41, 5.74) is -1.90. The summed E-state index contributed by atoms with van der Waals surface area (Å²) in [6.45, 7) is -2.33. The second-order valence-electron chi connectivity index (χ2n) is 13.6. The van der Waals surface area contributed by atoms with Crippen molar-refractivity contribution in [3.63, 3.8) is 0 Å². The molecule has 20 heteroatoms. The zero-order chi connectivity index (χ0) is 45.1. The Hall–Kier alpha value is -3.82. The number of amides is 2. The molecule has 62 heavy (non-hydrogen) atoms. The van der Waals surface area contributed by atoms with Crippen molar-refractivity contribution >= 4 is 70.8 Å². The normalized spacial score (nSPS) is 17.8. The molecule has 2 N–H and O–H groups in total. The third kappa shape index (κ3) is 14.6. The molecule has 2 fully saturated rings. The summed E-state index contributed by atoms with van der Waals surface area (Å²) < 4.78 is 47.4. The number of ether oxygens (including phenoxy) is 2. The van der Waals surface area contributed by atoms with E-state index in [2.05, 4.69) is 33.6 Å². The molecule has 2 aliphatic heterocycles. The Bertz CT molecular complexity index is 2430. The first-order valence-corrected chi connectivity index (χ1v) is 19.4. The SMILES string of the molecule is CCOC(=O)c1cc(Cl)cc(Cl)n1.CN1CC[C@@](O)(C#Cc2cccc([B-](F)(F)F)c2)C1=O.COCC(=O)c1cc(Cl)cc(-c2cccc(C#C[C@]3(O)CCN(C)C3=O)c2)n1.[K+]. The molecule has 12 nitrogen and oxygen atoms in total. The monoisotopic (exact) mass is 938 g/mol. The Morgan fingerprint density at radius 1 is 0.806 bits per heavy atom. The van der Waals surface area contributed by atoms with E-state index in [0.717, 1.165) is 12.1 Å². The number of carbonyl (C=O) groups excluding carboxylic acids is 4. The second kappa shape index (κ2) is 23.2. The van der Waals surface area contributed by atoms with Crippen LogP contribution in [0.15, 0.2) is 72.8 Å². The van der Waals surface area contributed by atoms with Gasteiger partial charge in [-0.25, -0.2) is 14.8 Å². The van der Waals surface area contributed by atoms with Gasteiger partial charge in [0.2, 0.25) is 17.0 Å². The van der Waals surface area contributed by atoms with Crippen molar-refractivity contribution in [2.75, 3.05) is 47.5 Å². The number of carbonyl (C=O) groups is 4. The van der Waals surface area contributed by atoms with Crippen molar-refractivity contribution < 1.29 is 103 Å². The van der Waals surface area contributed by atoms with E-state index in [0.29, 0.717) is 46.6 Å². The predicted octanol–water partition coefficient (Wildman–Crippen LogP) is 2.43. The van der Waals surface area contributed by atoms with E-state index in [4.69, 9.17) is 44.3 Å². The topological polar surface area (TPSA) is 159 Å². The number of aliphatic hydroxyl groups is 2. The summed E-state index contributed by atoms with van der Waals surface area (Å²) in [6, 6.07) is 17.7. The van der Waals surface area contributed by atoms with Crippen molar-refractivity contribution in [1.82, 2.24) is 19.8 Å². The van der Waals surface area contributed by atoms with Crippen molar-refractivity contribution in [2.24, 2.45) is 0 Å². The zero-order valence-corrected chi connectivity index (χ0v) is 39.5. The van der Waals surface area contributed by atoms with Gasteiger partial charge >= 0.3 is 64.3 Å². The van der Waals surface area contributed by atoms with Crippen LogP contribution in [0.2, 0.25) is 15.2 Å². The van der Waals surface area contributed by atoms with Crippen molar-refractivity contribution in [3.05, 3.63) is 111 Å². The van der Waals surface area contributed by atoms with Gasteiger partial charge in [-0.15, -0.1) is 5.46 Å². The molecule has 2 atom stereocenters. The van der Waals surface area contributed by atoms with E-state index < -0.39 is 41.4 Å². The number of hydrogen-bond donors (Lipinski definition) is 2. The van der Waals surface area contributed by atoms with Gasteiger partial charge < -0.3 is 42.4 Å². The number of esters is 1. The smallest absolute Gasteiger partial charge is 0.461 e. The number of Topliss-reactive ketones (excluding diaryl/α,β-unsaturated/α-hetero) is 1. The van der Waals surface area contributed by atoms with E-state index in [-0.39, 0.29) is 98.7 Å². The zero-order valence-electron chi connectivity index (χ0n) is 34.1. The number of benzene rings is 2. The number of likely N-dealkylation sites (N-methyl/N-ethyl adjacent to an activating group) is 2. The minimum Gasteiger partial charge on any atom is -0.461 e. The third-order valence-corrected chi connectivity index (χ3v) is 9.49. The standard InChI is InChI=1S/C21H19ClN2O4.C13H12BF3NO2.C8H7Cl2NO2.K/c1-24-9-8-21(27,20(24)26)7-6-14-4-3-5-15(10-14)17-11-16(22)12-18(23-17)19(25)13-28-2;1-18-8-7-13(20,12(18)19)6-5-10-3-2-4-11(9-10)14(15,16)17;1-2-13-8(12)6-3-5(9)4-7(10)11-6;/h3-5,10-12,27H,8-9,13H2,1-2H3;2-4,9,20H,7-8H2,1H3;3-4H,2H2,1H3;/q;-1;;+1/t21-;13-;;/m00../s1. The number of ketones is 1. The van der Waals surface area contributed by atoms with Gasteiger partial charge in [-0.05, 0) is 49.4 Å². The molecule has 2 aromatic heterocycles. The van der Waals surface area contributed by atoms with Crippen molar-refractivity contribution in [2.45, 2.75) is 31.0 Å². The maximum absolute atomic E-state index is 12.6. The van der Waals surface area contributed by atoms with Gasteiger partial charge in [0.25, 0.3) is 11.8 Å². The molecule has 0 spiro atoms. The first-order valence-electron chi connectivity index (χ1n) is 18.3. The molecule has 2 amide bonds. The molecule has 4 aromatic rings. The molecule has 2 aromatic carbocycles. The second-order valence-corrected chi connectivity index (χ2v) is 14.8. The first-order chi connectivity index (χ1) is 28.7. The van der Waals surface area contributed by atoms with Crippen LogP contribution in [0.1, 0.15) is 51.9 Å². The van der Waals surface area contributed by atoms with Crippen molar-refractivity contribution in [3.8, 4) is 34.9 Å². The number of likely N-dealkylation sites (tertiary alicyclic amines) is 2. The molecule has 0 unspecified atom stereocenters. The molecule has 0 saturated carbocycles. The molecule has 0 aliphatic carbocycles. The summed E-state index contributed by atoms with van der Waals surface area (Å²) in [5.74, 6) is 8.68. The minimum atomic E-state index is -5.09. The molecule has 320 valence electrons. The number of rotatable bonds is 7. The summed E-state index contributed by atoms with van der Waals surface area (Å²) in [6.07, 6.45) is 0.425. The summed E-state index contributed by atoms with van der Waals surface area (Å²) in [5, 5.41) is 21.4. The maximum atomic E-state index is 12.6. The fourth-order valence-corrected chi connectivity index (χ4v) is 6.31. The van der Waals surface area contributed by atoms with Crippen LogP contribution in [0.3, 0.4) is 0 Å². The predicted molar refractivity (Wildman–Crippen MR) is 224 cm³/mol. The summed E-state index contributed by atoms with van der Waals surface area (Å²) in [4.78, 5) is 57.8. The number of aromatic nitrogens is 2. The number of pyridine rings is 2. The molecule has 4 heterocycles. The van der Waals surface area contributed by atoms with Crippen LogP contribution in [0, 0.1) is 23.7 Å². The van der Waals surface area contributed by atoms with Gasteiger partial charge in [-0.2, -0.15) is 0 Å². The van der Waals surface area contributed by atoms with Gasteiger partial charge in [-0.3, -0.25) is 14.4 Å². The van der Waals surface area contributed by atoms with Gasteiger partial charge in [0.1, 0.15) is 17.5 Å². The molecule has 6 rings (SSSR count). The van der Waals surface area contributed by atoms with Crippen LogP contribution < -0.4 is 56.8 Å². The van der Waals surface area contributed by atoms with Gasteiger partial charge in [0.15, 0.2) is 5.69 Å². The van der Waals surface area contributed by atoms with Gasteiger partial charge in [0.05, 0.1) is 12.3 Å². The van der Waals surface area contributed by atoms with Crippen LogP contribution in [-0.4, -0.2) is 119 Å². The van der Waals surface area contributed by atoms with E-state index in [1.807, 2.05) is 6.07 Å². The minimum absolute atomic E-state index is 0. The van der Waals surface area contributed by atoms with Crippen LogP contribution in [0.4, 0.5) is 12.9 Å². The summed E-state index contributed by atoms with van der Waals surface area (Å²) >= 11 is 17.4. The average molecular weight is 940 g/mol. The Labute approximate surface area is 413 Å². The number of methoxy groups -OCH3 is 1. The third-order valence-electron chi connectivity index (χ3n) is 8.86. The Morgan fingerprint density at radius 3 is 1.84 bits per heavy atom. The fraction of sp³-hybridized carbons (Fsp3) is 0.286. The molecule has 2 saturated heterocycles. The fourth-order valence-electron chi connectivity index (χ4n) is 5.64.